The molecule has 2 N–H and O–H groups in total. The van der Waals surface area contributed by atoms with Crippen LogP contribution in [0.5, 0.6) is 5.75 Å². The zero-order valence-corrected chi connectivity index (χ0v) is 19.1. The van der Waals surface area contributed by atoms with Crippen LogP contribution in [0.4, 0.5) is 0 Å². The molecule has 1 aliphatic rings. The number of benzene rings is 2. The monoisotopic (exact) mass is 454 g/mol. The highest BCUT2D eigenvalue weighted by molar-refractivity contribution is 7.19. The van der Waals surface area contributed by atoms with Crippen molar-refractivity contribution in [1.29, 1.82) is 0 Å². The molecule has 1 aromatic heterocycles. The minimum absolute atomic E-state index is 0.0813. The first-order valence-electron chi connectivity index (χ1n) is 11.0. The van der Waals surface area contributed by atoms with Crippen LogP contribution >= 0.6 is 11.3 Å². The third-order valence-corrected chi connectivity index (χ3v) is 7.05. The van der Waals surface area contributed by atoms with E-state index >= 15 is 0 Å². The van der Waals surface area contributed by atoms with E-state index in [9.17, 15) is 4.79 Å². The number of carbonyl (C=O) groups excluding carboxylic acids is 1. The second-order valence-corrected chi connectivity index (χ2v) is 9.49. The van der Waals surface area contributed by atoms with Crippen LogP contribution in [0, 0.1) is 0 Å². The molecule has 3 aromatic rings. The van der Waals surface area contributed by atoms with Gasteiger partial charge in [-0.1, -0.05) is 30.3 Å². The van der Waals surface area contributed by atoms with Gasteiger partial charge >= 0.3 is 0 Å². The van der Waals surface area contributed by atoms with Crippen LogP contribution in [0.2, 0.25) is 0 Å². The molecule has 0 radical (unpaired) electrons. The standard InChI is InChI=1S/C25H30N2O4S/c1-26(24(28)15-21-14-19-7-2-3-10-23(19)32-21)22(16-27-11-4-5-12-27)18-8-6-9-20(13-18)31-17-25(29)30/h2-3,6-10,13-14,22,25,29-30H,4-5,11-12,15-17H2,1H3/t22-/m1/s1. The van der Waals surface area contributed by atoms with Crippen molar-refractivity contribution in [3.63, 3.8) is 0 Å². The Bertz CT molecular complexity index is 1010. The summed E-state index contributed by atoms with van der Waals surface area (Å²) >= 11 is 1.67. The molecule has 4 rings (SSSR count). The lowest BCUT2D eigenvalue weighted by atomic mass is 10.0. The fourth-order valence-electron chi connectivity index (χ4n) is 4.22. The van der Waals surface area contributed by atoms with Gasteiger partial charge in [-0.15, -0.1) is 11.3 Å². The number of ether oxygens (including phenoxy) is 1. The highest BCUT2D eigenvalue weighted by Gasteiger charge is 2.26. The van der Waals surface area contributed by atoms with Gasteiger partial charge in [-0.3, -0.25) is 4.79 Å². The Hall–Kier alpha value is -2.45. The molecule has 0 saturated carbocycles. The highest BCUT2D eigenvalue weighted by Crippen LogP contribution is 2.29. The van der Waals surface area contributed by atoms with E-state index in [0.717, 1.165) is 30.1 Å². The second-order valence-electron chi connectivity index (χ2n) is 8.32. The molecular weight excluding hydrogens is 424 g/mol. The number of rotatable bonds is 9. The lowest BCUT2D eigenvalue weighted by Crippen LogP contribution is -2.39. The zero-order chi connectivity index (χ0) is 22.5. The number of hydrogen-bond donors (Lipinski definition) is 2. The molecule has 1 fully saturated rings. The summed E-state index contributed by atoms with van der Waals surface area (Å²) in [4.78, 5) is 18.6. The molecule has 0 bridgehead atoms. The van der Waals surface area contributed by atoms with E-state index in [1.54, 1.807) is 17.4 Å². The molecule has 1 saturated heterocycles. The highest BCUT2D eigenvalue weighted by atomic mass is 32.1. The summed E-state index contributed by atoms with van der Waals surface area (Å²) < 4.78 is 6.68. The molecule has 0 aliphatic carbocycles. The summed E-state index contributed by atoms with van der Waals surface area (Å²) in [6.07, 6.45) is 1.22. The number of likely N-dealkylation sites (N-methyl/N-ethyl adjacent to an activating group) is 1. The predicted octanol–water partition coefficient (Wildman–Crippen LogP) is 3.43. The smallest absolute Gasteiger partial charge is 0.228 e. The summed E-state index contributed by atoms with van der Waals surface area (Å²) in [7, 11) is 1.88. The van der Waals surface area contributed by atoms with Gasteiger partial charge in [-0.05, 0) is 61.1 Å². The van der Waals surface area contributed by atoms with Crippen LogP contribution < -0.4 is 4.74 Å². The van der Waals surface area contributed by atoms with E-state index in [2.05, 4.69) is 23.1 Å². The van der Waals surface area contributed by atoms with Crippen molar-refractivity contribution < 1.29 is 19.7 Å². The normalized spacial score (nSPS) is 15.4. The Kier molecular flexibility index (Phi) is 7.42. The van der Waals surface area contributed by atoms with Crippen molar-refractivity contribution in [2.75, 3.05) is 33.3 Å². The quantitative estimate of drug-likeness (QED) is 0.485. The van der Waals surface area contributed by atoms with Gasteiger partial charge in [0, 0.05) is 23.2 Å². The lowest BCUT2D eigenvalue weighted by Gasteiger charge is -2.32. The molecule has 1 amide bonds. The number of nitrogens with zero attached hydrogens (tertiary/aromatic N) is 2. The maximum absolute atomic E-state index is 13.3. The van der Waals surface area contributed by atoms with Crippen LogP contribution in [0.1, 0.15) is 29.3 Å². The van der Waals surface area contributed by atoms with Gasteiger partial charge in [0.1, 0.15) is 12.4 Å². The van der Waals surface area contributed by atoms with Gasteiger partial charge in [0.25, 0.3) is 0 Å². The van der Waals surface area contributed by atoms with Crippen molar-refractivity contribution >= 4 is 27.3 Å². The van der Waals surface area contributed by atoms with E-state index in [-0.39, 0.29) is 18.6 Å². The molecule has 6 nitrogen and oxygen atoms in total. The van der Waals surface area contributed by atoms with Gasteiger partial charge in [0.2, 0.25) is 5.91 Å². The molecule has 1 atom stereocenters. The van der Waals surface area contributed by atoms with Gasteiger partial charge in [-0.25, -0.2) is 0 Å². The average Bonchev–Trinajstić information content (AvgIpc) is 3.45. The topological polar surface area (TPSA) is 73.2 Å². The maximum Gasteiger partial charge on any atom is 0.228 e. The number of hydrogen-bond acceptors (Lipinski definition) is 6. The van der Waals surface area contributed by atoms with E-state index in [0.29, 0.717) is 12.2 Å². The number of aliphatic hydroxyl groups is 2. The maximum atomic E-state index is 13.3. The van der Waals surface area contributed by atoms with E-state index in [1.807, 2.05) is 42.3 Å². The molecule has 0 unspecified atom stereocenters. The third kappa shape index (κ3) is 5.66. The van der Waals surface area contributed by atoms with Crippen LogP contribution in [0.25, 0.3) is 10.1 Å². The molecule has 2 heterocycles. The number of thiophene rings is 1. The SMILES string of the molecule is CN(C(=O)Cc1cc2ccccc2s1)[C@H](CN1CCCC1)c1cccc(OCC(O)O)c1. The van der Waals surface area contributed by atoms with E-state index < -0.39 is 6.29 Å². The van der Waals surface area contributed by atoms with E-state index in [4.69, 9.17) is 14.9 Å². The summed E-state index contributed by atoms with van der Waals surface area (Å²) in [6, 6.07) is 17.8. The summed E-state index contributed by atoms with van der Waals surface area (Å²) in [5, 5.41) is 19.4. The van der Waals surface area contributed by atoms with Crippen LogP contribution in [-0.2, 0) is 11.2 Å². The fourth-order valence-corrected chi connectivity index (χ4v) is 5.27. The van der Waals surface area contributed by atoms with Crippen LogP contribution in [0.15, 0.2) is 54.6 Å². The zero-order valence-electron chi connectivity index (χ0n) is 18.3. The summed E-state index contributed by atoms with van der Waals surface area (Å²) in [5.41, 5.74) is 0.981. The Balaban J connectivity index is 1.53. The van der Waals surface area contributed by atoms with Gasteiger partial charge in [0.15, 0.2) is 6.29 Å². The molecule has 2 aromatic carbocycles. The number of carbonyl (C=O) groups is 1. The van der Waals surface area contributed by atoms with E-state index in [1.165, 1.54) is 22.9 Å². The minimum atomic E-state index is -1.52. The first-order chi connectivity index (χ1) is 15.5. The summed E-state index contributed by atoms with van der Waals surface area (Å²) in [6.45, 7) is 2.66. The van der Waals surface area contributed by atoms with Gasteiger partial charge in [-0.2, -0.15) is 0 Å². The number of aliphatic hydroxyl groups excluding tert-OH is 1. The number of likely N-dealkylation sites (tertiary alicyclic amines) is 1. The van der Waals surface area contributed by atoms with Crippen molar-refractivity contribution in [3.8, 4) is 5.75 Å². The fraction of sp³-hybridized carbons (Fsp3) is 0.400. The number of amides is 1. The Morgan fingerprint density at radius 3 is 2.66 bits per heavy atom. The molecule has 7 heteroatoms. The first kappa shape index (κ1) is 22.7. The molecule has 170 valence electrons. The lowest BCUT2D eigenvalue weighted by molar-refractivity contribution is -0.131. The molecule has 32 heavy (non-hydrogen) atoms. The van der Waals surface area contributed by atoms with Crippen molar-refractivity contribution in [2.45, 2.75) is 31.6 Å². The van der Waals surface area contributed by atoms with Crippen LogP contribution in [-0.4, -0.2) is 65.5 Å². The second kappa shape index (κ2) is 10.4. The Morgan fingerprint density at radius 1 is 1.12 bits per heavy atom. The van der Waals surface area contributed by atoms with Gasteiger partial charge < -0.3 is 24.7 Å². The number of fused-ring (bicyclic) bond motifs is 1. The Morgan fingerprint density at radius 2 is 1.91 bits per heavy atom. The van der Waals surface area contributed by atoms with Gasteiger partial charge in [0.05, 0.1) is 12.5 Å². The van der Waals surface area contributed by atoms with Crippen LogP contribution in [0.3, 0.4) is 0 Å². The minimum Gasteiger partial charge on any atom is -0.488 e. The van der Waals surface area contributed by atoms with Crippen molar-refractivity contribution in [1.82, 2.24) is 9.80 Å². The molecular formula is C25H30N2O4S. The summed E-state index contributed by atoms with van der Waals surface area (Å²) in [5.74, 6) is 0.644. The first-order valence-corrected chi connectivity index (χ1v) is 11.9. The Labute approximate surface area is 192 Å². The molecule has 0 spiro atoms. The van der Waals surface area contributed by atoms with Crippen molar-refractivity contribution in [2.24, 2.45) is 0 Å². The largest absolute Gasteiger partial charge is 0.488 e. The molecule has 1 aliphatic heterocycles. The average molecular weight is 455 g/mol. The predicted molar refractivity (Wildman–Crippen MR) is 127 cm³/mol. The van der Waals surface area contributed by atoms with Crippen molar-refractivity contribution in [3.05, 3.63) is 65.0 Å². The third-order valence-electron chi connectivity index (χ3n) is 5.93.